The van der Waals surface area contributed by atoms with Crippen LogP contribution in [-0.4, -0.2) is 49.8 Å². The van der Waals surface area contributed by atoms with E-state index in [1.165, 1.54) is 25.9 Å². The standard InChI is InChI=1S/C19H30N2O3/c1-4-11-19(2,23-3)18(22)20-16-7-9-17(10-8-16)24-15-14-21-12-5-6-13-21/h7-10H,4-6,11-15H2,1-3H3,(H,20,22)/t19-/m1/s1. The van der Waals surface area contributed by atoms with Crippen molar-refractivity contribution < 1.29 is 14.3 Å². The Hall–Kier alpha value is -1.59. The number of ether oxygens (including phenoxy) is 2. The molecule has 0 unspecified atom stereocenters. The van der Waals surface area contributed by atoms with Gasteiger partial charge in [-0.1, -0.05) is 13.3 Å². The van der Waals surface area contributed by atoms with Gasteiger partial charge in [-0.15, -0.1) is 0 Å². The number of anilines is 1. The molecule has 0 aromatic heterocycles. The smallest absolute Gasteiger partial charge is 0.256 e. The van der Waals surface area contributed by atoms with Crippen LogP contribution >= 0.6 is 0 Å². The molecule has 0 bridgehead atoms. The summed E-state index contributed by atoms with van der Waals surface area (Å²) in [5, 5.41) is 2.92. The fourth-order valence-corrected chi connectivity index (χ4v) is 2.98. The highest BCUT2D eigenvalue weighted by molar-refractivity contribution is 5.97. The van der Waals surface area contributed by atoms with Crippen LogP contribution in [0.1, 0.15) is 39.5 Å². The van der Waals surface area contributed by atoms with Gasteiger partial charge in [-0.2, -0.15) is 0 Å². The van der Waals surface area contributed by atoms with Crippen LogP contribution in [-0.2, 0) is 9.53 Å². The summed E-state index contributed by atoms with van der Waals surface area (Å²) >= 11 is 0. The second kappa shape index (κ2) is 9.04. The highest BCUT2D eigenvalue weighted by Gasteiger charge is 2.32. The number of carbonyl (C=O) groups excluding carboxylic acids is 1. The molecule has 0 spiro atoms. The monoisotopic (exact) mass is 334 g/mol. The minimum Gasteiger partial charge on any atom is -0.492 e. The van der Waals surface area contributed by atoms with Crippen LogP contribution in [0.3, 0.4) is 0 Å². The zero-order valence-corrected chi connectivity index (χ0v) is 15.1. The molecular weight excluding hydrogens is 304 g/mol. The summed E-state index contributed by atoms with van der Waals surface area (Å²) in [6, 6.07) is 7.52. The van der Waals surface area contributed by atoms with Crippen molar-refractivity contribution in [2.24, 2.45) is 0 Å². The number of benzene rings is 1. The molecule has 134 valence electrons. The van der Waals surface area contributed by atoms with Crippen LogP contribution in [0.25, 0.3) is 0 Å². The van der Waals surface area contributed by atoms with Crippen molar-refractivity contribution >= 4 is 11.6 Å². The van der Waals surface area contributed by atoms with Crippen molar-refractivity contribution in [1.82, 2.24) is 4.90 Å². The topological polar surface area (TPSA) is 50.8 Å². The first-order valence-corrected chi connectivity index (χ1v) is 8.89. The number of methoxy groups -OCH3 is 1. The second-order valence-corrected chi connectivity index (χ2v) is 6.56. The number of hydrogen-bond donors (Lipinski definition) is 1. The van der Waals surface area contributed by atoms with Crippen molar-refractivity contribution in [3.63, 3.8) is 0 Å². The predicted molar refractivity (Wildman–Crippen MR) is 96.6 cm³/mol. The number of carbonyl (C=O) groups is 1. The van der Waals surface area contributed by atoms with Crippen LogP contribution in [0.4, 0.5) is 5.69 Å². The molecule has 1 heterocycles. The Bertz CT molecular complexity index is 512. The molecule has 1 saturated heterocycles. The normalized spacial score (nSPS) is 17.5. The van der Waals surface area contributed by atoms with Gasteiger partial charge in [0.2, 0.25) is 0 Å². The Balaban J connectivity index is 1.81. The quantitative estimate of drug-likeness (QED) is 0.753. The van der Waals surface area contributed by atoms with Crippen molar-refractivity contribution in [3.8, 4) is 5.75 Å². The largest absolute Gasteiger partial charge is 0.492 e. The maximum atomic E-state index is 12.4. The summed E-state index contributed by atoms with van der Waals surface area (Å²) in [7, 11) is 1.58. The molecule has 24 heavy (non-hydrogen) atoms. The van der Waals surface area contributed by atoms with Gasteiger partial charge in [0.05, 0.1) is 0 Å². The van der Waals surface area contributed by atoms with Gasteiger partial charge in [-0.05, 0) is 63.5 Å². The predicted octanol–water partition coefficient (Wildman–Crippen LogP) is 3.30. The molecule has 2 rings (SSSR count). The van der Waals surface area contributed by atoms with Gasteiger partial charge in [-0.3, -0.25) is 9.69 Å². The summed E-state index contributed by atoms with van der Waals surface area (Å²) in [5.41, 5.74) is -0.0362. The van der Waals surface area contributed by atoms with Crippen LogP contribution < -0.4 is 10.1 Å². The lowest BCUT2D eigenvalue weighted by Crippen LogP contribution is -2.41. The number of nitrogens with zero attached hydrogens (tertiary/aromatic N) is 1. The first-order chi connectivity index (χ1) is 11.6. The number of nitrogens with one attached hydrogen (secondary N) is 1. The van der Waals surface area contributed by atoms with Crippen molar-refractivity contribution in [3.05, 3.63) is 24.3 Å². The van der Waals surface area contributed by atoms with Gasteiger partial charge < -0.3 is 14.8 Å². The van der Waals surface area contributed by atoms with Gasteiger partial charge in [0.15, 0.2) is 0 Å². The summed E-state index contributed by atoms with van der Waals surface area (Å²) in [6.07, 6.45) is 4.17. The maximum absolute atomic E-state index is 12.4. The molecule has 1 aliphatic rings. The van der Waals surface area contributed by atoms with E-state index >= 15 is 0 Å². The van der Waals surface area contributed by atoms with E-state index in [0.29, 0.717) is 13.0 Å². The van der Waals surface area contributed by atoms with E-state index in [1.54, 1.807) is 7.11 Å². The van der Waals surface area contributed by atoms with Crippen molar-refractivity contribution in [2.75, 3.05) is 38.7 Å². The Labute approximate surface area is 145 Å². The van der Waals surface area contributed by atoms with Gasteiger partial charge >= 0.3 is 0 Å². The lowest BCUT2D eigenvalue weighted by molar-refractivity contribution is -0.136. The number of amides is 1. The van der Waals surface area contributed by atoms with Crippen LogP contribution in [0, 0.1) is 0 Å². The summed E-state index contributed by atoms with van der Waals surface area (Å²) < 4.78 is 11.2. The molecule has 1 N–H and O–H groups in total. The number of hydrogen-bond acceptors (Lipinski definition) is 4. The van der Waals surface area contributed by atoms with E-state index < -0.39 is 5.60 Å². The van der Waals surface area contributed by atoms with Crippen LogP contribution in [0.15, 0.2) is 24.3 Å². The maximum Gasteiger partial charge on any atom is 0.256 e. The Morgan fingerprint density at radius 1 is 1.25 bits per heavy atom. The Morgan fingerprint density at radius 3 is 2.50 bits per heavy atom. The van der Waals surface area contributed by atoms with E-state index in [-0.39, 0.29) is 5.91 Å². The fraction of sp³-hybridized carbons (Fsp3) is 0.632. The highest BCUT2D eigenvalue weighted by atomic mass is 16.5. The van der Waals surface area contributed by atoms with Gasteiger partial charge in [0.1, 0.15) is 18.0 Å². The van der Waals surface area contributed by atoms with Gasteiger partial charge in [0.25, 0.3) is 5.91 Å². The minimum atomic E-state index is -0.792. The van der Waals surface area contributed by atoms with Crippen molar-refractivity contribution in [1.29, 1.82) is 0 Å². The molecule has 5 nitrogen and oxygen atoms in total. The number of likely N-dealkylation sites (tertiary alicyclic amines) is 1. The Morgan fingerprint density at radius 2 is 1.92 bits per heavy atom. The molecular formula is C19H30N2O3. The van der Waals surface area contributed by atoms with E-state index in [0.717, 1.165) is 24.4 Å². The highest BCUT2D eigenvalue weighted by Crippen LogP contribution is 2.21. The first kappa shape index (κ1) is 18.7. The molecule has 0 saturated carbocycles. The van der Waals surface area contributed by atoms with Crippen LogP contribution in [0.5, 0.6) is 5.75 Å². The number of rotatable bonds is 9. The zero-order chi connectivity index (χ0) is 17.4. The van der Waals surface area contributed by atoms with E-state index in [9.17, 15) is 4.79 Å². The fourth-order valence-electron chi connectivity index (χ4n) is 2.98. The van der Waals surface area contributed by atoms with E-state index in [1.807, 2.05) is 38.1 Å². The van der Waals surface area contributed by atoms with E-state index in [4.69, 9.17) is 9.47 Å². The third-order valence-corrected chi connectivity index (χ3v) is 4.65. The average molecular weight is 334 g/mol. The zero-order valence-electron chi connectivity index (χ0n) is 15.1. The Kier molecular flexibility index (Phi) is 7.06. The summed E-state index contributed by atoms with van der Waals surface area (Å²) in [6.45, 7) is 7.90. The van der Waals surface area contributed by atoms with Crippen LogP contribution in [0.2, 0.25) is 0 Å². The molecule has 1 aliphatic heterocycles. The third kappa shape index (κ3) is 5.21. The van der Waals surface area contributed by atoms with Gasteiger partial charge in [-0.25, -0.2) is 0 Å². The molecule has 5 heteroatoms. The molecule has 1 fully saturated rings. The van der Waals surface area contributed by atoms with Gasteiger partial charge in [0, 0.05) is 19.3 Å². The average Bonchev–Trinajstić information content (AvgIpc) is 3.10. The lowest BCUT2D eigenvalue weighted by atomic mass is 9.99. The lowest BCUT2D eigenvalue weighted by Gasteiger charge is -2.26. The SMILES string of the molecule is CCC[C@@](C)(OC)C(=O)Nc1ccc(OCCN2CCCC2)cc1. The summed E-state index contributed by atoms with van der Waals surface area (Å²) in [5.74, 6) is 0.713. The molecule has 0 aliphatic carbocycles. The first-order valence-electron chi connectivity index (χ1n) is 8.89. The molecule has 1 amide bonds. The molecule has 1 atom stereocenters. The molecule has 0 radical (unpaired) electrons. The molecule has 1 aromatic carbocycles. The summed E-state index contributed by atoms with van der Waals surface area (Å²) in [4.78, 5) is 14.8. The van der Waals surface area contributed by atoms with E-state index in [2.05, 4.69) is 10.2 Å². The third-order valence-electron chi connectivity index (χ3n) is 4.65. The minimum absolute atomic E-state index is 0.116. The molecule has 1 aromatic rings. The van der Waals surface area contributed by atoms with Crippen molar-refractivity contribution in [2.45, 2.75) is 45.1 Å². The second-order valence-electron chi connectivity index (χ2n) is 6.56.